The molecule has 132 valence electrons. The molecule has 5 heteroatoms. The second-order valence-electron chi connectivity index (χ2n) is 5.98. The molecule has 4 nitrogen and oxygen atoms in total. The Morgan fingerprint density at radius 3 is 2.65 bits per heavy atom. The van der Waals surface area contributed by atoms with Crippen molar-refractivity contribution in [2.75, 3.05) is 7.11 Å². The summed E-state index contributed by atoms with van der Waals surface area (Å²) in [6.45, 7) is 1.86. The van der Waals surface area contributed by atoms with Crippen molar-refractivity contribution in [3.05, 3.63) is 76.8 Å². The van der Waals surface area contributed by atoms with Gasteiger partial charge in [-0.2, -0.15) is 5.10 Å². The maximum Gasteiger partial charge on any atom is 0.247 e. The number of rotatable bonds is 5. The molecule has 0 spiro atoms. The number of carbonyl (C=O) groups is 1. The highest BCUT2D eigenvalue weighted by Gasteiger charge is 2.15. The molecule has 0 aliphatic carbocycles. The molecule has 0 aromatic heterocycles. The molecule has 0 radical (unpaired) electrons. The van der Waals surface area contributed by atoms with Crippen LogP contribution in [0.5, 0.6) is 5.75 Å². The Balaban J connectivity index is 1.70. The van der Waals surface area contributed by atoms with Gasteiger partial charge in [0.15, 0.2) is 0 Å². The zero-order valence-corrected chi connectivity index (χ0v) is 15.3. The molecule has 0 saturated carbocycles. The minimum Gasteiger partial charge on any atom is -0.497 e. The van der Waals surface area contributed by atoms with Crippen molar-refractivity contribution in [1.29, 1.82) is 0 Å². The first-order chi connectivity index (χ1) is 12.6. The van der Waals surface area contributed by atoms with Crippen molar-refractivity contribution in [2.45, 2.75) is 12.8 Å². The average molecular weight is 367 g/mol. The number of fused-ring (bicyclic) bond motifs is 1. The monoisotopic (exact) mass is 366 g/mol. The highest BCUT2D eigenvalue weighted by atomic mass is 35.5. The van der Waals surface area contributed by atoms with Gasteiger partial charge in [0.1, 0.15) is 5.75 Å². The maximum atomic E-state index is 12.4. The fourth-order valence-corrected chi connectivity index (χ4v) is 2.84. The van der Waals surface area contributed by atoms with E-state index in [2.05, 4.69) is 10.5 Å². The van der Waals surface area contributed by atoms with Gasteiger partial charge in [0.05, 0.1) is 19.2 Å². The highest BCUT2D eigenvalue weighted by Crippen LogP contribution is 2.25. The number of benzene rings is 3. The predicted molar refractivity (Wildman–Crippen MR) is 106 cm³/mol. The van der Waals surface area contributed by atoms with Gasteiger partial charge in [-0.1, -0.05) is 48.0 Å². The van der Waals surface area contributed by atoms with Crippen LogP contribution in [0.1, 0.15) is 24.0 Å². The third kappa shape index (κ3) is 4.21. The van der Waals surface area contributed by atoms with Gasteiger partial charge in [-0.05, 0) is 53.1 Å². The third-order valence-electron chi connectivity index (χ3n) is 4.20. The van der Waals surface area contributed by atoms with Crippen LogP contribution in [0, 0.1) is 0 Å². The van der Waals surface area contributed by atoms with E-state index in [0.717, 1.165) is 27.6 Å². The molecule has 1 atom stereocenters. The molecule has 1 N–H and O–H groups in total. The van der Waals surface area contributed by atoms with Gasteiger partial charge in [0.25, 0.3) is 0 Å². The highest BCUT2D eigenvalue weighted by molar-refractivity contribution is 6.30. The molecule has 0 aliphatic rings. The van der Waals surface area contributed by atoms with Crippen LogP contribution in [-0.4, -0.2) is 19.2 Å². The Morgan fingerprint density at radius 1 is 1.12 bits per heavy atom. The van der Waals surface area contributed by atoms with Crippen LogP contribution < -0.4 is 10.2 Å². The van der Waals surface area contributed by atoms with Crippen LogP contribution in [-0.2, 0) is 4.79 Å². The number of hydrogen-bond donors (Lipinski definition) is 1. The summed E-state index contributed by atoms with van der Waals surface area (Å²) in [5.41, 5.74) is 4.34. The lowest BCUT2D eigenvalue weighted by Crippen LogP contribution is -2.23. The summed E-state index contributed by atoms with van der Waals surface area (Å²) in [4.78, 5) is 12.4. The Hall–Kier alpha value is -2.85. The van der Waals surface area contributed by atoms with Crippen LogP contribution in [0.4, 0.5) is 0 Å². The molecule has 1 amide bonds. The summed E-state index contributed by atoms with van der Waals surface area (Å²) < 4.78 is 5.24. The molecular formula is C21H19ClN2O2. The molecule has 0 heterocycles. The number of halogens is 1. The zero-order chi connectivity index (χ0) is 18.5. The molecule has 3 rings (SSSR count). The fraction of sp³-hybridized carbons (Fsp3) is 0.143. The first-order valence-corrected chi connectivity index (χ1v) is 8.61. The largest absolute Gasteiger partial charge is 0.497 e. The number of nitrogens with zero attached hydrogens (tertiary/aromatic N) is 1. The standard InChI is InChI=1S/C21H19ClN2O2/c1-14(21(25)24-23-13-15-4-3-5-19(22)10-15)16-6-7-18-12-20(26-2)9-8-17(18)11-16/h3-14H,1-2H3,(H,24,25)/b23-13+/t14-/m0/s1. The van der Waals surface area contributed by atoms with E-state index in [1.807, 2.05) is 55.5 Å². The van der Waals surface area contributed by atoms with Gasteiger partial charge in [0, 0.05) is 5.02 Å². The van der Waals surface area contributed by atoms with Gasteiger partial charge in [0.2, 0.25) is 5.91 Å². The molecule has 0 bridgehead atoms. The van der Waals surface area contributed by atoms with Gasteiger partial charge in [-0.15, -0.1) is 0 Å². The second kappa shape index (κ2) is 8.02. The summed E-state index contributed by atoms with van der Waals surface area (Å²) in [6.07, 6.45) is 1.57. The van der Waals surface area contributed by atoms with E-state index in [4.69, 9.17) is 16.3 Å². The number of hydrazone groups is 1. The number of nitrogens with one attached hydrogen (secondary N) is 1. The summed E-state index contributed by atoms with van der Waals surface area (Å²) >= 11 is 5.93. The summed E-state index contributed by atoms with van der Waals surface area (Å²) in [5.74, 6) is 0.320. The van der Waals surface area contributed by atoms with E-state index in [1.54, 1.807) is 25.5 Å². The topological polar surface area (TPSA) is 50.7 Å². The number of amides is 1. The van der Waals surface area contributed by atoms with Crippen molar-refractivity contribution in [3.63, 3.8) is 0 Å². The van der Waals surface area contributed by atoms with Gasteiger partial charge < -0.3 is 4.74 Å². The zero-order valence-electron chi connectivity index (χ0n) is 14.6. The number of carbonyl (C=O) groups excluding carboxylic acids is 1. The number of methoxy groups -OCH3 is 1. The average Bonchev–Trinajstić information content (AvgIpc) is 2.66. The van der Waals surface area contributed by atoms with E-state index >= 15 is 0 Å². The van der Waals surface area contributed by atoms with Crippen molar-refractivity contribution < 1.29 is 9.53 Å². The molecule has 26 heavy (non-hydrogen) atoms. The number of hydrogen-bond acceptors (Lipinski definition) is 3. The lowest BCUT2D eigenvalue weighted by molar-refractivity contribution is -0.122. The van der Waals surface area contributed by atoms with Crippen LogP contribution >= 0.6 is 11.6 Å². The minimum absolute atomic E-state index is 0.170. The minimum atomic E-state index is -0.321. The first kappa shape index (κ1) is 18.0. The van der Waals surface area contributed by atoms with Gasteiger partial charge in [-0.25, -0.2) is 5.43 Å². The number of ether oxygens (including phenoxy) is 1. The van der Waals surface area contributed by atoms with Crippen molar-refractivity contribution >= 4 is 34.5 Å². The smallest absolute Gasteiger partial charge is 0.247 e. The van der Waals surface area contributed by atoms with E-state index in [1.165, 1.54) is 0 Å². The SMILES string of the molecule is COc1ccc2cc([C@H](C)C(=O)N/N=C/c3cccc(Cl)c3)ccc2c1. The van der Waals surface area contributed by atoms with Crippen LogP contribution in [0.25, 0.3) is 10.8 Å². The predicted octanol–water partition coefficient (Wildman–Crippen LogP) is 4.76. The van der Waals surface area contributed by atoms with Crippen molar-refractivity contribution in [2.24, 2.45) is 5.10 Å². The Labute approximate surface area is 157 Å². The first-order valence-electron chi connectivity index (χ1n) is 8.23. The Bertz CT molecular complexity index is 969. The fourth-order valence-electron chi connectivity index (χ4n) is 2.64. The van der Waals surface area contributed by atoms with E-state index in [-0.39, 0.29) is 11.8 Å². The molecule has 3 aromatic carbocycles. The lowest BCUT2D eigenvalue weighted by atomic mass is 9.97. The second-order valence-corrected chi connectivity index (χ2v) is 6.42. The van der Waals surface area contributed by atoms with Crippen molar-refractivity contribution in [1.82, 2.24) is 5.43 Å². The molecule has 0 saturated heterocycles. The third-order valence-corrected chi connectivity index (χ3v) is 4.44. The normalized spacial score (nSPS) is 12.3. The molecule has 0 unspecified atom stereocenters. The van der Waals surface area contributed by atoms with E-state index in [0.29, 0.717) is 5.02 Å². The summed E-state index contributed by atoms with van der Waals surface area (Å²) in [6, 6.07) is 19.1. The summed E-state index contributed by atoms with van der Waals surface area (Å²) in [7, 11) is 1.64. The van der Waals surface area contributed by atoms with Crippen LogP contribution in [0.15, 0.2) is 65.8 Å². The van der Waals surface area contributed by atoms with Crippen LogP contribution in [0.2, 0.25) is 5.02 Å². The summed E-state index contributed by atoms with van der Waals surface area (Å²) in [5, 5.41) is 6.77. The maximum absolute atomic E-state index is 12.4. The molecule has 3 aromatic rings. The molecule has 0 aliphatic heterocycles. The van der Waals surface area contributed by atoms with Crippen molar-refractivity contribution in [3.8, 4) is 5.75 Å². The van der Waals surface area contributed by atoms with Gasteiger partial charge >= 0.3 is 0 Å². The van der Waals surface area contributed by atoms with Gasteiger partial charge in [-0.3, -0.25) is 4.79 Å². The molecular weight excluding hydrogens is 348 g/mol. The van der Waals surface area contributed by atoms with E-state index in [9.17, 15) is 4.79 Å². The molecule has 0 fully saturated rings. The Morgan fingerprint density at radius 2 is 1.88 bits per heavy atom. The Kier molecular flexibility index (Phi) is 5.54. The lowest BCUT2D eigenvalue weighted by Gasteiger charge is -2.11. The van der Waals surface area contributed by atoms with Crippen LogP contribution in [0.3, 0.4) is 0 Å². The van der Waals surface area contributed by atoms with E-state index < -0.39 is 0 Å². The quantitative estimate of drug-likeness (QED) is 0.523.